The topological polar surface area (TPSA) is 105 Å². The highest BCUT2D eigenvalue weighted by Gasteiger charge is 2.22. The number of amides is 1. The number of aryl methyl sites for hydroxylation is 2. The van der Waals surface area contributed by atoms with E-state index in [1.165, 1.54) is 11.3 Å². The van der Waals surface area contributed by atoms with Gasteiger partial charge in [-0.25, -0.2) is 4.79 Å². The van der Waals surface area contributed by atoms with Crippen molar-refractivity contribution < 1.29 is 19.2 Å². The van der Waals surface area contributed by atoms with Crippen LogP contribution in [0.3, 0.4) is 0 Å². The van der Waals surface area contributed by atoms with Gasteiger partial charge in [-0.2, -0.15) is 4.98 Å². The highest BCUT2D eigenvalue weighted by atomic mass is 32.1. The smallest absolute Gasteiger partial charge is 0.338 e. The van der Waals surface area contributed by atoms with E-state index in [1.54, 1.807) is 20.8 Å². The van der Waals surface area contributed by atoms with Gasteiger partial charge < -0.3 is 14.9 Å². The van der Waals surface area contributed by atoms with Crippen molar-refractivity contribution in [3.8, 4) is 0 Å². The van der Waals surface area contributed by atoms with Gasteiger partial charge in [-0.3, -0.25) is 4.79 Å². The normalized spacial score (nSPS) is 10.5. The number of rotatable bonds is 3. The fraction of sp³-hybridized carbons (Fsp3) is 0.273. The molecule has 0 radical (unpaired) electrons. The number of anilines is 1. The Morgan fingerprint density at radius 1 is 1.32 bits per heavy atom. The van der Waals surface area contributed by atoms with Crippen molar-refractivity contribution in [3.05, 3.63) is 27.7 Å². The first-order valence-corrected chi connectivity index (χ1v) is 6.16. The molecule has 0 bridgehead atoms. The third kappa shape index (κ3) is 2.48. The van der Waals surface area contributed by atoms with Crippen LogP contribution in [0.25, 0.3) is 0 Å². The van der Waals surface area contributed by atoms with Crippen molar-refractivity contribution in [1.82, 2.24) is 10.1 Å². The molecule has 0 aliphatic carbocycles. The van der Waals surface area contributed by atoms with Gasteiger partial charge in [0.15, 0.2) is 0 Å². The third-order valence-electron chi connectivity index (χ3n) is 2.56. The predicted octanol–water partition coefficient (Wildman–Crippen LogP) is 2.01. The number of carbonyl (C=O) groups excluding carboxylic acids is 1. The molecule has 0 atom stereocenters. The lowest BCUT2D eigenvalue weighted by Gasteiger charge is -2.01. The van der Waals surface area contributed by atoms with Crippen molar-refractivity contribution in [1.29, 1.82) is 0 Å². The van der Waals surface area contributed by atoms with Gasteiger partial charge in [-0.1, -0.05) is 5.16 Å². The van der Waals surface area contributed by atoms with E-state index in [4.69, 9.17) is 9.63 Å². The summed E-state index contributed by atoms with van der Waals surface area (Å²) in [5.41, 5.74) is 0.730. The zero-order valence-corrected chi connectivity index (χ0v) is 11.3. The molecule has 7 nitrogen and oxygen atoms in total. The number of hydrogen-bond donors (Lipinski definition) is 2. The van der Waals surface area contributed by atoms with E-state index >= 15 is 0 Å². The summed E-state index contributed by atoms with van der Waals surface area (Å²) in [4.78, 5) is 27.6. The summed E-state index contributed by atoms with van der Waals surface area (Å²) in [6, 6.07) is 0. The number of carbonyl (C=O) groups is 2. The molecule has 100 valence electrons. The monoisotopic (exact) mass is 281 g/mol. The van der Waals surface area contributed by atoms with Gasteiger partial charge in [0.2, 0.25) is 5.89 Å². The molecule has 2 aromatic heterocycles. The van der Waals surface area contributed by atoms with Crippen molar-refractivity contribution in [2.45, 2.75) is 20.8 Å². The SMILES string of the molecule is Cc1nc(C(=O)Nc2sc(C)c(C)c2C(=O)O)no1. The summed E-state index contributed by atoms with van der Waals surface area (Å²) in [6.45, 7) is 5.05. The Balaban J connectivity index is 2.31. The Labute approximate surface area is 112 Å². The standard InChI is InChI=1S/C11H11N3O4S/c1-4-5(2)19-10(7(4)11(16)17)13-9(15)8-12-6(3)18-14-8/h1-3H3,(H,13,15)(H,16,17). The average molecular weight is 281 g/mol. The molecule has 0 unspecified atom stereocenters. The minimum atomic E-state index is -1.08. The predicted molar refractivity (Wildman–Crippen MR) is 67.7 cm³/mol. The number of carboxylic acid groups (broad SMARTS) is 1. The Morgan fingerprint density at radius 3 is 2.53 bits per heavy atom. The van der Waals surface area contributed by atoms with Gasteiger partial charge in [0.1, 0.15) is 5.00 Å². The van der Waals surface area contributed by atoms with E-state index in [0.29, 0.717) is 5.56 Å². The number of hydrogen-bond acceptors (Lipinski definition) is 6. The van der Waals surface area contributed by atoms with Crippen LogP contribution in [0, 0.1) is 20.8 Å². The summed E-state index contributed by atoms with van der Waals surface area (Å²) in [6.07, 6.45) is 0. The van der Waals surface area contributed by atoms with Gasteiger partial charge in [-0.05, 0) is 19.4 Å². The van der Waals surface area contributed by atoms with Crippen molar-refractivity contribution in [2.75, 3.05) is 5.32 Å². The molecule has 2 heterocycles. The zero-order chi connectivity index (χ0) is 14.2. The summed E-state index contributed by atoms with van der Waals surface area (Å²) in [7, 11) is 0. The third-order valence-corrected chi connectivity index (χ3v) is 3.68. The Hall–Kier alpha value is -2.22. The minimum absolute atomic E-state index is 0.0936. The lowest BCUT2D eigenvalue weighted by atomic mass is 10.1. The maximum Gasteiger partial charge on any atom is 0.338 e. The van der Waals surface area contributed by atoms with Gasteiger partial charge >= 0.3 is 5.97 Å². The molecule has 0 spiro atoms. The number of aromatic carboxylic acids is 1. The van der Waals surface area contributed by atoms with E-state index in [9.17, 15) is 9.59 Å². The molecule has 19 heavy (non-hydrogen) atoms. The average Bonchev–Trinajstić information content (AvgIpc) is 2.85. The van der Waals surface area contributed by atoms with Gasteiger partial charge in [0.05, 0.1) is 5.56 Å². The van der Waals surface area contributed by atoms with E-state index in [1.807, 2.05) is 0 Å². The molecule has 0 saturated heterocycles. The zero-order valence-electron chi connectivity index (χ0n) is 10.5. The molecule has 1 amide bonds. The first-order chi connectivity index (χ1) is 8.90. The molecular formula is C11H11N3O4S. The van der Waals surface area contributed by atoms with Crippen LogP contribution in [0.4, 0.5) is 5.00 Å². The van der Waals surface area contributed by atoms with Crippen LogP contribution in [0.5, 0.6) is 0 Å². The van der Waals surface area contributed by atoms with E-state index in [2.05, 4.69) is 15.5 Å². The van der Waals surface area contributed by atoms with Gasteiger partial charge in [0.25, 0.3) is 11.7 Å². The molecule has 2 rings (SSSR count). The first-order valence-electron chi connectivity index (χ1n) is 5.35. The molecule has 0 aromatic carbocycles. The molecule has 8 heteroatoms. The molecule has 0 aliphatic heterocycles. The Morgan fingerprint density at radius 2 is 2.00 bits per heavy atom. The molecule has 0 aliphatic rings. The number of nitrogens with one attached hydrogen (secondary N) is 1. The molecule has 2 aromatic rings. The van der Waals surface area contributed by atoms with Gasteiger partial charge in [0, 0.05) is 11.8 Å². The highest BCUT2D eigenvalue weighted by Crippen LogP contribution is 2.32. The lowest BCUT2D eigenvalue weighted by molar-refractivity contribution is 0.0697. The van der Waals surface area contributed by atoms with Gasteiger partial charge in [-0.15, -0.1) is 11.3 Å². The second-order valence-corrected chi connectivity index (χ2v) is 5.11. The summed E-state index contributed by atoms with van der Waals surface area (Å²) < 4.78 is 4.70. The van der Waals surface area contributed by atoms with Crippen LogP contribution >= 0.6 is 11.3 Å². The fourth-order valence-electron chi connectivity index (χ4n) is 1.52. The largest absolute Gasteiger partial charge is 0.478 e. The quantitative estimate of drug-likeness (QED) is 0.891. The fourth-order valence-corrected chi connectivity index (χ4v) is 2.57. The van der Waals surface area contributed by atoms with Crippen LogP contribution in [-0.2, 0) is 0 Å². The lowest BCUT2D eigenvalue weighted by Crippen LogP contribution is -2.15. The maximum absolute atomic E-state index is 11.8. The van der Waals surface area contributed by atoms with Crippen molar-refractivity contribution >= 4 is 28.2 Å². The molecule has 2 N–H and O–H groups in total. The molecule has 0 fully saturated rings. The van der Waals surface area contributed by atoms with Crippen LogP contribution in [0.15, 0.2) is 4.52 Å². The van der Waals surface area contributed by atoms with E-state index in [-0.39, 0.29) is 22.3 Å². The van der Waals surface area contributed by atoms with Crippen LogP contribution in [-0.4, -0.2) is 27.1 Å². The van der Waals surface area contributed by atoms with Crippen molar-refractivity contribution in [2.24, 2.45) is 0 Å². The van der Waals surface area contributed by atoms with Crippen LogP contribution in [0.1, 0.15) is 37.3 Å². The van der Waals surface area contributed by atoms with Crippen LogP contribution < -0.4 is 5.32 Å². The number of thiophene rings is 1. The summed E-state index contributed by atoms with van der Waals surface area (Å²) in [5.74, 6) is -1.54. The van der Waals surface area contributed by atoms with Crippen molar-refractivity contribution in [3.63, 3.8) is 0 Å². The Kier molecular flexibility index (Phi) is 3.34. The first kappa shape index (κ1) is 13.2. The Bertz CT molecular complexity index is 659. The second kappa shape index (κ2) is 4.81. The van der Waals surface area contributed by atoms with Crippen LogP contribution in [0.2, 0.25) is 0 Å². The van der Waals surface area contributed by atoms with E-state index < -0.39 is 11.9 Å². The number of aromatic nitrogens is 2. The second-order valence-electron chi connectivity index (χ2n) is 3.88. The summed E-state index contributed by atoms with van der Waals surface area (Å²) >= 11 is 1.20. The molecule has 0 saturated carbocycles. The minimum Gasteiger partial charge on any atom is -0.478 e. The number of nitrogens with zero attached hydrogens (tertiary/aromatic N) is 2. The molecular weight excluding hydrogens is 270 g/mol. The maximum atomic E-state index is 11.8. The summed E-state index contributed by atoms with van der Waals surface area (Å²) in [5, 5.41) is 15.4. The highest BCUT2D eigenvalue weighted by molar-refractivity contribution is 7.16. The number of carboxylic acids is 1. The van der Waals surface area contributed by atoms with E-state index in [0.717, 1.165) is 4.88 Å².